The van der Waals surface area contributed by atoms with Gasteiger partial charge in [0, 0.05) is 10.0 Å². The smallest absolute Gasteiger partial charge is 0.337 e. The highest BCUT2D eigenvalue weighted by Gasteiger charge is 2.26. The third-order valence-corrected chi connectivity index (χ3v) is 3.83. The van der Waals surface area contributed by atoms with Crippen LogP contribution in [-0.4, -0.2) is 33.3 Å². The van der Waals surface area contributed by atoms with Gasteiger partial charge in [0.15, 0.2) is 6.04 Å². The number of rotatable bonds is 4. The second kappa shape index (κ2) is 6.70. The molecule has 1 unspecified atom stereocenters. The van der Waals surface area contributed by atoms with Crippen LogP contribution >= 0.6 is 15.9 Å². The molecule has 1 aromatic heterocycles. The van der Waals surface area contributed by atoms with Crippen LogP contribution in [0.1, 0.15) is 11.6 Å². The molecule has 23 heavy (non-hydrogen) atoms. The number of halogens is 1. The highest BCUT2D eigenvalue weighted by molar-refractivity contribution is 9.10. The quantitative estimate of drug-likeness (QED) is 0.658. The van der Waals surface area contributed by atoms with E-state index >= 15 is 0 Å². The van der Waals surface area contributed by atoms with E-state index in [2.05, 4.69) is 31.3 Å². The number of carbonyl (C=O) groups excluding carboxylic acids is 1. The van der Waals surface area contributed by atoms with Gasteiger partial charge in [-0.15, -0.1) is 15.0 Å². The molecule has 0 saturated carbocycles. The Hall–Kier alpha value is -2.54. The maximum Gasteiger partial charge on any atom is 0.337 e. The Bertz CT molecular complexity index is 802. The van der Waals surface area contributed by atoms with Gasteiger partial charge in [-0.1, -0.05) is 46.3 Å². The molecule has 1 heterocycles. The normalized spacial score (nSPS) is 11.9. The molecule has 6 nitrogen and oxygen atoms in total. The van der Waals surface area contributed by atoms with Crippen LogP contribution in [0.2, 0.25) is 0 Å². The number of aromatic nitrogens is 4. The summed E-state index contributed by atoms with van der Waals surface area (Å²) in [7, 11) is 1.34. The lowest BCUT2D eigenvalue weighted by atomic mass is 10.1. The Morgan fingerprint density at radius 1 is 1.13 bits per heavy atom. The van der Waals surface area contributed by atoms with Crippen molar-refractivity contribution in [2.24, 2.45) is 0 Å². The van der Waals surface area contributed by atoms with Gasteiger partial charge in [-0.2, -0.15) is 0 Å². The average molecular weight is 373 g/mol. The summed E-state index contributed by atoms with van der Waals surface area (Å²) in [5.41, 5.74) is 1.55. The zero-order valence-electron chi connectivity index (χ0n) is 12.3. The average Bonchev–Trinajstić information content (AvgIpc) is 3.06. The second-order valence-electron chi connectivity index (χ2n) is 4.78. The van der Waals surface area contributed by atoms with Crippen molar-refractivity contribution < 1.29 is 9.53 Å². The molecule has 0 amide bonds. The van der Waals surface area contributed by atoms with Gasteiger partial charge in [-0.25, -0.2) is 4.79 Å². The Morgan fingerprint density at radius 2 is 1.83 bits per heavy atom. The summed E-state index contributed by atoms with van der Waals surface area (Å²) >= 11 is 3.38. The number of ether oxygens (including phenoxy) is 1. The largest absolute Gasteiger partial charge is 0.467 e. The highest BCUT2D eigenvalue weighted by Crippen LogP contribution is 2.21. The molecule has 0 fully saturated rings. The fourth-order valence-electron chi connectivity index (χ4n) is 2.16. The van der Waals surface area contributed by atoms with Crippen LogP contribution in [0.3, 0.4) is 0 Å². The number of esters is 1. The van der Waals surface area contributed by atoms with Crippen molar-refractivity contribution in [3.63, 3.8) is 0 Å². The minimum absolute atomic E-state index is 0.447. The number of carbonyl (C=O) groups is 1. The van der Waals surface area contributed by atoms with E-state index in [4.69, 9.17) is 4.74 Å². The van der Waals surface area contributed by atoms with E-state index in [1.165, 1.54) is 11.9 Å². The molecule has 0 radical (unpaired) electrons. The fourth-order valence-corrected chi connectivity index (χ4v) is 2.42. The SMILES string of the molecule is COC(=O)C(c1ccccc1)n1nnc(-c2ccc(Br)cc2)n1. The predicted octanol–water partition coefficient (Wildman–Crippen LogP) is 2.87. The Morgan fingerprint density at radius 3 is 2.48 bits per heavy atom. The molecule has 7 heteroatoms. The molecular formula is C16H13BrN4O2. The van der Waals surface area contributed by atoms with Crippen LogP contribution in [-0.2, 0) is 9.53 Å². The molecule has 0 bridgehead atoms. The van der Waals surface area contributed by atoms with Crippen LogP contribution in [0.4, 0.5) is 0 Å². The minimum Gasteiger partial charge on any atom is -0.467 e. The first-order valence-electron chi connectivity index (χ1n) is 6.87. The molecule has 3 aromatic rings. The van der Waals surface area contributed by atoms with Gasteiger partial charge in [0.2, 0.25) is 5.82 Å². The number of hydrogen-bond acceptors (Lipinski definition) is 5. The van der Waals surface area contributed by atoms with Gasteiger partial charge in [0.1, 0.15) is 0 Å². The summed E-state index contributed by atoms with van der Waals surface area (Å²) in [5.74, 6) is -0.00158. The molecule has 2 aromatic carbocycles. The first-order chi connectivity index (χ1) is 11.2. The number of hydrogen-bond donors (Lipinski definition) is 0. The first kappa shape index (κ1) is 15.4. The molecule has 116 valence electrons. The highest BCUT2D eigenvalue weighted by atomic mass is 79.9. The number of methoxy groups -OCH3 is 1. The van der Waals surface area contributed by atoms with E-state index in [0.29, 0.717) is 5.82 Å². The molecular weight excluding hydrogens is 360 g/mol. The van der Waals surface area contributed by atoms with Crippen molar-refractivity contribution >= 4 is 21.9 Å². The predicted molar refractivity (Wildman–Crippen MR) is 87.6 cm³/mol. The van der Waals surface area contributed by atoms with Crippen LogP contribution in [0.15, 0.2) is 59.1 Å². The summed E-state index contributed by atoms with van der Waals surface area (Å²) < 4.78 is 5.84. The lowest BCUT2D eigenvalue weighted by molar-refractivity contribution is -0.143. The zero-order chi connectivity index (χ0) is 16.2. The van der Waals surface area contributed by atoms with Gasteiger partial charge in [-0.3, -0.25) is 0 Å². The van der Waals surface area contributed by atoms with Crippen LogP contribution in [0.5, 0.6) is 0 Å². The van der Waals surface area contributed by atoms with Gasteiger partial charge >= 0.3 is 5.97 Å². The van der Waals surface area contributed by atoms with Gasteiger partial charge < -0.3 is 4.74 Å². The van der Waals surface area contributed by atoms with Crippen molar-refractivity contribution in [1.29, 1.82) is 0 Å². The van der Waals surface area contributed by atoms with E-state index in [1.54, 1.807) is 0 Å². The molecule has 0 spiro atoms. The summed E-state index contributed by atoms with van der Waals surface area (Å²) in [5, 5.41) is 12.4. The molecule has 0 aliphatic carbocycles. The van der Waals surface area contributed by atoms with Crippen molar-refractivity contribution in [3.8, 4) is 11.4 Å². The van der Waals surface area contributed by atoms with Gasteiger partial charge in [0.25, 0.3) is 0 Å². The van der Waals surface area contributed by atoms with Crippen LogP contribution in [0.25, 0.3) is 11.4 Å². The van der Waals surface area contributed by atoms with Crippen molar-refractivity contribution in [1.82, 2.24) is 20.2 Å². The van der Waals surface area contributed by atoms with E-state index in [1.807, 2.05) is 54.6 Å². The molecule has 0 saturated heterocycles. The molecule has 0 N–H and O–H groups in total. The zero-order valence-corrected chi connectivity index (χ0v) is 13.8. The Labute approximate surface area is 141 Å². The maximum absolute atomic E-state index is 12.1. The van der Waals surface area contributed by atoms with Crippen LogP contribution in [0, 0.1) is 0 Å². The Balaban J connectivity index is 1.98. The van der Waals surface area contributed by atoms with E-state index < -0.39 is 12.0 Å². The molecule has 0 aliphatic heterocycles. The van der Waals surface area contributed by atoms with Crippen molar-refractivity contribution in [2.45, 2.75) is 6.04 Å². The summed E-state index contributed by atoms with van der Waals surface area (Å²) in [6, 6.07) is 16.0. The first-order valence-corrected chi connectivity index (χ1v) is 7.66. The lowest BCUT2D eigenvalue weighted by Gasteiger charge is -2.13. The Kier molecular flexibility index (Phi) is 4.47. The topological polar surface area (TPSA) is 69.9 Å². The molecule has 1 atom stereocenters. The molecule has 0 aliphatic rings. The second-order valence-corrected chi connectivity index (χ2v) is 5.69. The van der Waals surface area contributed by atoms with Crippen LogP contribution < -0.4 is 0 Å². The van der Waals surface area contributed by atoms with Crippen molar-refractivity contribution in [2.75, 3.05) is 7.11 Å². The summed E-state index contributed by atoms with van der Waals surface area (Å²) in [4.78, 5) is 13.4. The monoisotopic (exact) mass is 372 g/mol. The fraction of sp³-hybridized carbons (Fsp3) is 0.125. The van der Waals surface area contributed by atoms with E-state index in [0.717, 1.165) is 15.6 Å². The number of tetrazole rings is 1. The summed E-state index contributed by atoms with van der Waals surface area (Å²) in [6.45, 7) is 0. The van der Waals surface area contributed by atoms with E-state index in [9.17, 15) is 4.79 Å². The van der Waals surface area contributed by atoms with E-state index in [-0.39, 0.29) is 0 Å². The molecule has 3 rings (SSSR count). The van der Waals surface area contributed by atoms with Crippen molar-refractivity contribution in [3.05, 3.63) is 64.6 Å². The van der Waals surface area contributed by atoms with Gasteiger partial charge in [-0.05, 0) is 35.0 Å². The third kappa shape index (κ3) is 3.29. The minimum atomic E-state index is -0.766. The third-order valence-electron chi connectivity index (χ3n) is 3.30. The standard InChI is InChI=1S/C16H13BrN4O2/c1-23-16(22)14(11-5-3-2-4-6-11)21-19-15(18-20-21)12-7-9-13(17)10-8-12/h2-10,14H,1H3. The number of benzene rings is 2. The van der Waals surface area contributed by atoms with Gasteiger partial charge in [0.05, 0.1) is 7.11 Å². The number of nitrogens with zero attached hydrogens (tertiary/aromatic N) is 4. The lowest BCUT2D eigenvalue weighted by Crippen LogP contribution is -2.24. The summed E-state index contributed by atoms with van der Waals surface area (Å²) in [6.07, 6.45) is 0. The maximum atomic E-state index is 12.1.